The molecule has 22 heavy (non-hydrogen) atoms. The molecule has 0 atom stereocenters. The molecular formula is C15H19N7. The zero-order valence-corrected chi connectivity index (χ0v) is 12.4. The predicted molar refractivity (Wildman–Crippen MR) is 83.9 cm³/mol. The molecule has 2 aromatic heterocycles. The van der Waals surface area contributed by atoms with E-state index < -0.39 is 0 Å². The van der Waals surface area contributed by atoms with E-state index in [0.29, 0.717) is 6.04 Å². The third kappa shape index (κ3) is 2.59. The van der Waals surface area contributed by atoms with Gasteiger partial charge in [0.05, 0.1) is 0 Å². The molecule has 0 bridgehead atoms. The minimum atomic E-state index is 0.633. The molecule has 4 rings (SSSR count). The lowest BCUT2D eigenvalue weighted by atomic mass is 10.1. The van der Waals surface area contributed by atoms with Crippen molar-refractivity contribution in [1.29, 1.82) is 0 Å². The molecule has 0 radical (unpaired) electrons. The van der Waals surface area contributed by atoms with Crippen LogP contribution >= 0.6 is 0 Å². The van der Waals surface area contributed by atoms with E-state index in [2.05, 4.69) is 34.6 Å². The Balaban J connectivity index is 1.29. The van der Waals surface area contributed by atoms with E-state index in [1.807, 2.05) is 12.1 Å². The second-order valence-corrected chi connectivity index (χ2v) is 5.70. The fourth-order valence-electron chi connectivity index (χ4n) is 3.09. The van der Waals surface area contributed by atoms with Crippen LogP contribution in [0.15, 0.2) is 37.1 Å². The first-order chi connectivity index (χ1) is 10.9. The molecule has 0 spiro atoms. The fourth-order valence-corrected chi connectivity index (χ4v) is 3.09. The average molecular weight is 297 g/mol. The fraction of sp³-hybridized carbons (Fsp3) is 0.467. The number of hydrogen-bond acceptors (Lipinski definition) is 7. The van der Waals surface area contributed by atoms with E-state index in [1.165, 1.54) is 0 Å². The third-order valence-electron chi connectivity index (χ3n) is 4.42. The minimum absolute atomic E-state index is 0.633. The Morgan fingerprint density at radius 2 is 1.64 bits per heavy atom. The van der Waals surface area contributed by atoms with Crippen molar-refractivity contribution in [2.45, 2.75) is 6.04 Å². The van der Waals surface area contributed by atoms with Crippen molar-refractivity contribution in [3.05, 3.63) is 37.1 Å². The van der Waals surface area contributed by atoms with Gasteiger partial charge >= 0.3 is 0 Å². The number of piperazine rings is 1. The zero-order valence-electron chi connectivity index (χ0n) is 12.4. The molecule has 2 saturated heterocycles. The van der Waals surface area contributed by atoms with E-state index >= 15 is 0 Å². The largest absolute Gasteiger partial charge is 0.353 e. The quantitative estimate of drug-likeness (QED) is 0.806. The summed E-state index contributed by atoms with van der Waals surface area (Å²) in [5.41, 5.74) is 0. The summed E-state index contributed by atoms with van der Waals surface area (Å²) in [5.74, 6) is 1.88. The van der Waals surface area contributed by atoms with Gasteiger partial charge in [0.1, 0.15) is 12.1 Å². The van der Waals surface area contributed by atoms with Gasteiger partial charge in [-0.2, -0.15) is 0 Å². The summed E-state index contributed by atoms with van der Waals surface area (Å²) in [6.45, 7) is 6.24. The molecule has 0 aliphatic carbocycles. The van der Waals surface area contributed by atoms with Crippen LogP contribution < -0.4 is 9.80 Å². The van der Waals surface area contributed by atoms with Gasteiger partial charge in [0.15, 0.2) is 0 Å². The van der Waals surface area contributed by atoms with Crippen LogP contribution in [0.2, 0.25) is 0 Å². The maximum atomic E-state index is 4.33. The Labute approximate surface area is 129 Å². The summed E-state index contributed by atoms with van der Waals surface area (Å²) in [7, 11) is 0. The van der Waals surface area contributed by atoms with Crippen molar-refractivity contribution in [3.63, 3.8) is 0 Å². The predicted octanol–water partition coefficient (Wildman–Crippen LogP) is 0.277. The first kappa shape index (κ1) is 13.4. The SMILES string of the molecule is c1cnc(N2CCN(C3CN(c4ccncn4)C3)CC2)nc1. The van der Waals surface area contributed by atoms with Crippen LogP contribution in [0.3, 0.4) is 0 Å². The van der Waals surface area contributed by atoms with E-state index in [4.69, 9.17) is 0 Å². The number of aromatic nitrogens is 4. The van der Waals surface area contributed by atoms with Crippen LogP contribution in [0.4, 0.5) is 11.8 Å². The summed E-state index contributed by atoms with van der Waals surface area (Å²) in [4.78, 5) is 24.1. The lowest BCUT2D eigenvalue weighted by Gasteiger charge is -2.48. The average Bonchev–Trinajstić information content (AvgIpc) is 2.56. The van der Waals surface area contributed by atoms with Crippen LogP contribution in [0.5, 0.6) is 0 Å². The number of hydrogen-bond donors (Lipinski definition) is 0. The summed E-state index contributed by atoms with van der Waals surface area (Å²) in [6, 6.07) is 4.46. The first-order valence-corrected chi connectivity index (χ1v) is 7.67. The highest BCUT2D eigenvalue weighted by molar-refractivity contribution is 5.41. The highest BCUT2D eigenvalue weighted by Gasteiger charge is 2.34. The van der Waals surface area contributed by atoms with Crippen molar-refractivity contribution < 1.29 is 0 Å². The Hall–Kier alpha value is -2.28. The zero-order chi connectivity index (χ0) is 14.8. The molecule has 0 N–H and O–H groups in total. The van der Waals surface area contributed by atoms with Crippen LogP contribution in [-0.4, -0.2) is 70.1 Å². The topological polar surface area (TPSA) is 61.3 Å². The molecule has 0 amide bonds. The van der Waals surface area contributed by atoms with Gasteiger partial charge in [0.2, 0.25) is 5.95 Å². The van der Waals surface area contributed by atoms with Crippen LogP contribution in [0, 0.1) is 0 Å². The summed E-state index contributed by atoms with van der Waals surface area (Å²) >= 11 is 0. The lowest BCUT2D eigenvalue weighted by molar-refractivity contribution is 0.156. The summed E-state index contributed by atoms with van der Waals surface area (Å²) < 4.78 is 0. The normalized spacial score (nSPS) is 20.0. The van der Waals surface area contributed by atoms with Crippen LogP contribution in [0.25, 0.3) is 0 Å². The van der Waals surface area contributed by atoms with Gasteiger partial charge in [-0.1, -0.05) is 0 Å². The summed E-state index contributed by atoms with van der Waals surface area (Å²) in [5, 5.41) is 0. The molecule has 2 aromatic rings. The van der Waals surface area contributed by atoms with Gasteiger partial charge in [-0.25, -0.2) is 19.9 Å². The Bertz CT molecular complexity index is 592. The molecule has 7 nitrogen and oxygen atoms in total. The van der Waals surface area contributed by atoms with E-state index in [9.17, 15) is 0 Å². The van der Waals surface area contributed by atoms with E-state index in [1.54, 1.807) is 24.9 Å². The van der Waals surface area contributed by atoms with Gasteiger partial charge in [-0.3, -0.25) is 4.90 Å². The van der Waals surface area contributed by atoms with Gasteiger partial charge in [-0.05, 0) is 12.1 Å². The van der Waals surface area contributed by atoms with E-state index in [-0.39, 0.29) is 0 Å². The molecule has 0 aromatic carbocycles. The van der Waals surface area contributed by atoms with Crippen molar-refractivity contribution in [3.8, 4) is 0 Å². The smallest absolute Gasteiger partial charge is 0.225 e. The number of nitrogens with zero attached hydrogens (tertiary/aromatic N) is 7. The highest BCUT2D eigenvalue weighted by Crippen LogP contribution is 2.22. The molecule has 0 unspecified atom stereocenters. The summed E-state index contributed by atoms with van der Waals surface area (Å²) in [6.07, 6.45) is 7.02. The van der Waals surface area contributed by atoms with Gasteiger partial charge in [0.25, 0.3) is 0 Å². The second kappa shape index (κ2) is 5.84. The van der Waals surface area contributed by atoms with Gasteiger partial charge in [-0.15, -0.1) is 0 Å². The third-order valence-corrected chi connectivity index (χ3v) is 4.42. The maximum Gasteiger partial charge on any atom is 0.225 e. The Morgan fingerprint density at radius 3 is 2.32 bits per heavy atom. The monoisotopic (exact) mass is 297 g/mol. The Kier molecular flexibility index (Phi) is 3.56. The molecule has 4 heterocycles. The van der Waals surface area contributed by atoms with Gasteiger partial charge < -0.3 is 9.80 Å². The van der Waals surface area contributed by atoms with Gasteiger partial charge in [0, 0.05) is 63.9 Å². The molecule has 2 aliphatic heterocycles. The van der Waals surface area contributed by atoms with Crippen LogP contribution in [0.1, 0.15) is 0 Å². The number of anilines is 2. The standard InChI is InChI=1S/C15H19N7/c1-3-17-15(18-4-1)21-8-6-20(7-9-21)13-10-22(11-13)14-2-5-16-12-19-14/h1-5,12-13H,6-11H2. The van der Waals surface area contributed by atoms with Crippen LogP contribution in [-0.2, 0) is 0 Å². The molecule has 2 fully saturated rings. The van der Waals surface area contributed by atoms with Crippen molar-refractivity contribution in [2.24, 2.45) is 0 Å². The molecule has 0 saturated carbocycles. The molecule has 2 aliphatic rings. The highest BCUT2D eigenvalue weighted by atomic mass is 15.4. The van der Waals surface area contributed by atoms with E-state index in [0.717, 1.165) is 51.0 Å². The lowest BCUT2D eigenvalue weighted by Crippen LogP contribution is -2.63. The van der Waals surface area contributed by atoms with Crippen molar-refractivity contribution in [2.75, 3.05) is 49.1 Å². The Morgan fingerprint density at radius 1 is 0.864 bits per heavy atom. The first-order valence-electron chi connectivity index (χ1n) is 7.67. The van der Waals surface area contributed by atoms with Crippen molar-refractivity contribution >= 4 is 11.8 Å². The molecule has 7 heteroatoms. The minimum Gasteiger partial charge on any atom is -0.353 e. The number of rotatable bonds is 3. The maximum absolute atomic E-state index is 4.33. The second-order valence-electron chi connectivity index (χ2n) is 5.70. The van der Waals surface area contributed by atoms with Crippen molar-refractivity contribution in [1.82, 2.24) is 24.8 Å². The molecular weight excluding hydrogens is 278 g/mol. The molecule has 114 valence electrons.